The first-order valence-corrected chi connectivity index (χ1v) is 10.1. The van der Waals surface area contributed by atoms with Gasteiger partial charge in [0, 0.05) is 44.9 Å². The molecule has 1 aliphatic rings. The number of aryl methyl sites for hydroxylation is 2. The number of fused-ring (bicyclic) bond motifs is 1. The molecule has 166 valence electrons. The lowest BCUT2D eigenvalue weighted by atomic mass is 10.2. The van der Waals surface area contributed by atoms with Gasteiger partial charge in [-0.05, 0) is 38.3 Å². The highest BCUT2D eigenvalue weighted by atomic mass is 127. The van der Waals surface area contributed by atoms with Crippen LogP contribution in [0.2, 0.25) is 0 Å². The number of methoxy groups -OCH3 is 1. The first kappa shape index (κ1) is 24.0. The Morgan fingerprint density at radius 1 is 1.30 bits per heavy atom. The van der Waals surface area contributed by atoms with Gasteiger partial charge in [-0.2, -0.15) is 5.10 Å². The van der Waals surface area contributed by atoms with Crippen LogP contribution < -0.4 is 25.8 Å². The molecule has 0 spiro atoms. The third kappa shape index (κ3) is 5.89. The summed E-state index contributed by atoms with van der Waals surface area (Å²) >= 11 is 0. The second-order valence-electron chi connectivity index (χ2n) is 6.81. The standard InChI is InChI=1S/C20H30N6O3.HI/c1-4-29-17-14-15(9-10-16(17)28-3)23-19(21-2)22-11-7-13-26-20(27)25-12-6-5-8-18(25)24-26;/h9-10,14H,4-8,11-13H2,1-3H3,(H2,21,22,23);1H. The van der Waals surface area contributed by atoms with Crippen LogP contribution in [-0.2, 0) is 19.5 Å². The minimum absolute atomic E-state index is 0. The Morgan fingerprint density at radius 2 is 2.13 bits per heavy atom. The van der Waals surface area contributed by atoms with Gasteiger partial charge in [0.25, 0.3) is 0 Å². The third-order valence-corrected chi connectivity index (χ3v) is 4.82. The summed E-state index contributed by atoms with van der Waals surface area (Å²) in [4.78, 5) is 16.6. The molecule has 0 saturated heterocycles. The maximum absolute atomic E-state index is 12.4. The van der Waals surface area contributed by atoms with E-state index in [4.69, 9.17) is 9.47 Å². The second-order valence-corrected chi connectivity index (χ2v) is 6.81. The molecule has 1 aliphatic heterocycles. The Morgan fingerprint density at radius 3 is 2.83 bits per heavy atom. The molecule has 9 nitrogen and oxygen atoms in total. The van der Waals surface area contributed by atoms with E-state index in [0.717, 1.165) is 43.7 Å². The Bertz CT molecular complexity index is 908. The van der Waals surface area contributed by atoms with Gasteiger partial charge in [-0.3, -0.25) is 9.56 Å². The molecule has 0 amide bonds. The van der Waals surface area contributed by atoms with Crippen molar-refractivity contribution in [1.82, 2.24) is 19.7 Å². The van der Waals surface area contributed by atoms with Gasteiger partial charge >= 0.3 is 5.69 Å². The van der Waals surface area contributed by atoms with E-state index >= 15 is 0 Å². The van der Waals surface area contributed by atoms with Crippen molar-refractivity contribution in [2.45, 2.75) is 45.7 Å². The molecule has 2 heterocycles. The fourth-order valence-electron chi connectivity index (χ4n) is 3.37. The number of rotatable bonds is 8. The molecule has 1 aromatic heterocycles. The molecule has 0 saturated carbocycles. The van der Waals surface area contributed by atoms with E-state index < -0.39 is 0 Å². The second kappa shape index (κ2) is 11.8. The van der Waals surface area contributed by atoms with Crippen LogP contribution in [0.5, 0.6) is 11.5 Å². The average molecular weight is 530 g/mol. The van der Waals surface area contributed by atoms with Crippen LogP contribution in [0.15, 0.2) is 28.0 Å². The van der Waals surface area contributed by atoms with Gasteiger partial charge in [0.2, 0.25) is 0 Å². The SMILES string of the molecule is CCOc1cc(NC(=NC)NCCCn2nc3n(c2=O)CCCC3)ccc1OC.I. The summed E-state index contributed by atoms with van der Waals surface area (Å²) in [6.45, 7) is 4.53. The fraction of sp³-hybridized carbons (Fsp3) is 0.550. The predicted octanol–water partition coefficient (Wildman–Crippen LogP) is 2.48. The van der Waals surface area contributed by atoms with E-state index in [1.807, 2.05) is 25.1 Å². The monoisotopic (exact) mass is 530 g/mol. The van der Waals surface area contributed by atoms with Crippen LogP contribution in [0.3, 0.4) is 0 Å². The maximum Gasteiger partial charge on any atom is 0.345 e. The van der Waals surface area contributed by atoms with Crippen molar-refractivity contribution in [2.75, 3.05) is 32.6 Å². The maximum atomic E-state index is 12.4. The van der Waals surface area contributed by atoms with Crippen molar-refractivity contribution < 1.29 is 9.47 Å². The summed E-state index contributed by atoms with van der Waals surface area (Å²) in [6.07, 6.45) is 3.82. The quantitative estimate of drug-likeness (QED) is 0.236. The van der Waals surface area contributed by atoms with Crippen molar-refractivity contribution in [2.24, 2.45) is 4.99 Å². The summed E-state index contributed by atoms with van der Waals surface area (Å²) in [6, 6.07) is 5.64. The highest BCUT2D eigenvalue weighted by Crippen LogP contribution is 2.30. The molecule has 0 unspecified atom stereocenters. The number of nitrogens with one attached hydrogen (secondary N) is 2. The molecule has 0 aliphatic carbocycles. The van der Waals surface area contributed by atoms with E-state index in [9.17, 15) is 4.79 Å². The number of hydrogen-bond acceptors (Lipinski definition) is 5. The lowest BCUT2D eigenvalue weighted by Gasteiger charge is -2.14. The predicted molar refractivity (Wildman–Crippen MR) is 129 cm³/mol. The molecule has 0 fully saturated rings. The molecule has 0 atom stereocenters. The van der Waals surface area contributed by atoms with Gasteiger partial charge in [-0.25, -0.2) is 9.48 Å². The zero-order chi connectivity index (χ0) is 20.6. The van der Waals surface area contributed by atoms with Gasteiger partial charge in [-0.1, -0.05) is 0 Å². The van der Waals surface area contributed by atoms with Crippen LogP contribution in [0.25, 0.3) is 0 Å². The highest BCUT2D eigenvalue weighted by molar-refractivity contribution is 14.0. The summed E-state index contributed by atoms with van der Waals surface area (Å²) in [5.74, 6) is 2.93. The number of guanidine groups is 1. The smallest absolute Gasteiger partial charge is 0.345 e. The van der Waals surface area contributed by atoms with Crippen LogP contribution >= 0.6 is 24.0 Å². The molecule has 30 heavy (non-hydrogen) atoms. The minimum atomic E-state index is 0. The summed E-state index contributed by atoms with van der Waals surface area (Å²) < 4.78 is 14.3. The van der Waals surface area contributed by atoms with Crippen molar-refractivity contribution in [3.8, 4) is 11.5 Å². The zero-order valence-corrected chi connectivity index (χ0v) is 20.1. The lowest BCUT2D eigenvalue weighted by Crippen LogP contribution is -2.33. The number of aromatic nitrogens is 3. The Balaban J connectivity index is 0.00000320. The van der Waals surface area contributed by atoms with Crippen LogP contribution in [0, 0.1) is 0 Å². The topological polar surface area (TPSA) is 94.7 Å². The minimum Gasteiger partial charge on any atom is -0.493 e. The third-order valence-electron chi connectivity index (χ3n) is 4.82. The molecular formula is C20H31IN6O3. The van der Waals surface area contributed by atoms with Gasteiger partial charge < -0.3 is 20.1 Å². The highest BCUT2D eigenvalue weighted by Gasteiger charge is 2.16. The molecule has 2 N–H and O–H groups in total. The number of aliphatic imine (C=N–C) groups is 1. The molecular weight excluding hydrogens is 499 g/mol. The van der Waals surface area contributed by atoms with Gasteiger partial charge in [0.15, 0.2) is 17.5 Å². The molecule has 3 rings (SSSR count). The van der Waals surface area contributed by atoms with E-state index in [1.165, 1.54) is 0 Å². The Labute approximate surface area is 193 Å². The van der Waals surface area contributed by atoms with Gasteiger partial charge in [0.05, 0.1) is 13.7 Å². The molecule has 2 aromatic rings. The van der Waals surface area contributed by atoms with Gasteiger partial charge in [0.1, 0.15) is 5.82 Å². The van der Waals surface area contributed by atoms with E-state index in [1.54, 1.807) is 23.4 Å². The molecule has 10 heteroatoms. The number of halogens is 1. The average Bonchev–Trinajstić information content (AvgIpc) is 3.06. The zero-order valence-electron chi connectivity index (χ0n) is 17.8. The van der Waals surface area contributed by atoms with E-state index in [0.29, 0.717) is 37.2 Å². The molecule has 0 radical (unpaired) electrons. The first-order chi connectivity index (χ1) is 14.2. The van der Waals surface area contributed by atoms with E-state index in [2.05, 4.69) is 20.7 Å². The largest absolute Gasteiger partial charge is 0.493 e. The Hall–Kier alpha value is -2.24. The van der Waals surface area contributed by atoms with Crippen molar-refractivity contribution in [1.29, 1.82) is 0 Å². The number of anilines is 1. The van der Waals surface area contributed by atoms with Crippen LogP contribution in [0.1, 0.15) is 32.0 Å². The summed E-state index contributed by atoms with van der Waals surface area (Å²) in [5, 5.41) is 11.0. The Kier molecular flexibility index (Phi) is 9.47. The number of ether oxygens (including phenoxy) is 2. The van der Waals surface area contributed by atoms with Crippen molar-refractivity contribution >= 4 is 35.6 Å². The van der Waals surface area contributed by atoms with E-state index in [-0.39, 0.29) is 29.7 Å². The molecule has 1 aromatic carbocycles. The van der Waals surface area contributed by atoms with Gasteiger partial charge in [-0.15, -0.1) is 24.0 Å². The fourth-order valence-corrected chi connectivity index (χ4v) is 3.37. The van der Waals surface area contributed by atoms with Crippen LogP contribution in [0.4, 0.5) is 5.69 Å². The number of nitrogens with zero attached hydrogens (tertiary/aromatic N) is 4. The number of benzene rings is 1. The van der Waals surface area contributed by atoms with Crippen molar-refractivity contribution in [3.63, 3.8) is 0 Å². The first-order valence-electron chi connectivity index (χ1n) is 10.1. The molecule has 0 bridgehead atoms. The summed E-state index contributed by atoms with van der Waals surface area (Å²) in [5.41, 5.74) is 0.851. The lowest BCUT2D eigenvalue weighted by molar-refractivity contribution is 0.311. The normalized spacial score (nSPS) is 13.2. The number of hydrogen-bond donors (Lipinski definition) is 2. The summed E-state index contributed by atoms with van der Waals surface area (Å²) in [7, 11) is 3.34. The van der Waals surface area contributed by atoms with Crippen molar-refractivity contribution in [3.05, 3.63) is 34.5 Å². The van der Waals surface area contributed by atoms with Crippen LogP contribution in [-0.4, -0.2) is 47.6 Å².